The van der Waals surface area contributed by atoms with E-state index in [1.54, 1.807) is 6.20 Å². The summed E-state index contributed by atoms with van der Waals surface area (Å²) < 4.78 is 0. The van der Waals surface area contributed by atoms with Gasteiger partial charge in [-0.05, 0) is 24.1 Å². The van der Waals surface area contributed by atoms with Gasteiger partial charge < -0.3 is 0 Å². The first kappa shape index (κ1) is 13.1. The zero-order valence-electron chi connectivity index (χ0n) is 11.7. The summed E-state index contributed by atoms with van der Waals surface area (Å²) in [7, 11) is 0. The number of hydrogen-bond donors (Lipinski definition) is 0. The van der Waals surface area contributed by atoms with Gasteiger partial charge in [-0.15, -0.1) is 0 Å². The van der Waals surface area contributed by atoms with E-state index in [4.69, 9.17) is 6.57 Å². The largest absolute Gasteiger partial charge is 0.257 e. The molecule has 0 saturated carbocycles. The van der Waals surface area contributed by atoms with Crippen LogP contribution in [-0.4, -0.2) is 4.98 Å². The van der Waals surface area contributed by atoms with Crippen LogP contribution in [0.15, 0.2) is 66.9 Å². The smallest absolute Gasteiger partial charge is 0.196 e. The van der Waals surface area contributed by atoms with Gasteiger partial charge in [-0.2, -0.15) is 0 Å². The van der Waals surface area contributed by atoms with Crippen molar-refractivity contribution < 1.29 is 0 Å². The lowest BCUT2D eigenvalue weighted by molar-refractivity contribution is 1.29. The van der Waals surface area contributed by atoms with Gasteiger partial charge in [0, 0.05) is 17.3 Å². The molecule has 1 aromatic heterocycles. The van der Waals surface area contributed by atoms with Gasteiger partial charge in [0.1, 0.15) is 0 Å². The van der Waals surface area contributed by atoms with Gasteiger partial charge in [0.2, 0.25) is 0 Å². The van der Waals surface area contributed by atoms with Gasteiger partial charge in [-0.3, -0.25) is 4.98 Å². The summed E-state index contributed by atoms with van der Waals surface area (Å²) in [5.74, 6) is 0. The molecule has 3 rings (SSSR count). The fourth-order valence-electron chi connectivity index (χ4n) is 2.50. The molecule has 0 aliphatic carbocycles. The summed E-state index contributed by atoms with van der Waals surface area (Å²) in [5, 5.41) is 0. The fourth-order valence-corrected chi connectivity index (χ4v) is 2.50. The third kappa shape index (κ3) is 2.42. The summed E-state index contributed by atoms with van der Waals surface area (Å²) in [4.78, 5) is 8.17. The first-order chi connectivity index (χ1) is 10.3. The van der Waals surface area contributed by atoms with Crippen LogP contribution in [0.1, 0.15) is 5.56 Å². The highest BCUT2D eigenvalue weighted by Gasteiger charge is 2.13. The first-order valence-electron chi connectivity index (χ1n) is 6.79. The van der Waals surface area contributed by atoms with Gasteiger partial charge in [0.25, 0.3) is 0 Å². The predicted octanol–water partition coefficient (Wildman–Crippen LogP) is 5.27. The summed E-state index contributed by atoms with van der Waals surface area (Å²) in [6.07, 6.45) is 1.80. The predicted molar refractivity (Wildman–Crippen MR) is 86.1 cm³/mol. The maximum atomic E-state index is 7.36. The Morgan fingerprint density at radius 2 is 1.62 bits per heavy atom. The second-order valence-electron chi connectivity index (χ2n) is 4.85. The Kier molecular flexibility index (Phi) is 3.49. The second-order valence-corrected chi connectivity index (χ2v) is 4.85. The molecule has 0 radical (unpaired) electrons. The highest BCUT2D eigenvalue weighted by atomic mass is 14.7. The SMILES string of the molecule is [C-]#[N+]c1ccccc1-c1nccc(C)c1-c1ccccc1. The van der Waals surface area contributed by atoms with Crippen LogP contribution in [0.4, 0.5) is 5.69 Å². The molecule has 100 valence electrons. The molecule has 0 bridgehead atoms. The normalized spacial score (nSPS) is 10.1. The van der Waals surface area contributed by atoms with E-state index in [0.29, 0.717) is 5.69 Å². The van der Waals surface area contributed by atoms with E-state index in [9.17, 15) is 0 Å². The van der Waals surface area contributed by atoms with Crippen molar-refractivity contribution >= 4 is 5.69 Å². The van der Waals surface area contributed by atoms with Crippen LogP contribution in [0, 0.1) is 13.5 Å². The lowest BCUT2D eigenvalue weighted by atomic mass is 9.95. The molecule has 0 unspecified atom stereocenters. The highest BCUT2D eigenvalue weighted by Crippen LogP contribution is 2.37. The van der Waals surface area contributed by atoms with Crippen LogP contribution in [0.2, 0.25) is 0 Å². The van der Waals surface area contributed by atoms with Crippen LogP contribution in [0.3, 0.4) is 0 Å². The van der Waals surface area contributed by atoms with E-state index in [-0.39, 0.29) is 0 Å². The minimum Gasteiger partial charge on any atom is -0.257 e. The third-order valence-electron chi connectivity index (χ3n) is 3.50. The molecule has 0 aliphatic rings. The Morgan fingerprint density at radius 1 is 0.905 bits per heavy atom. The summed E-state index contributed by atoms with van der Waals surface area (Å²) >= 11 is 0. The van der Waals surface area contributed by atoms with Crippen molar-refractivity contribution in [3.05, 3.63) is 83.8 Å². The lowest BCUT2D eigenvalue weighted by Crippen LogP contribution is -1.92. The Morgan fingerprint density at radius 3 is 2.38 bits per heavy atom. The van der Waals surface area contributed by atoms with Crippen molar-refractivity contribution in [1.82, 2.24) is 4.98 Å². The Bertz CT molecular complexity index is 814. The standard InChI is InChI=1S/C19H14N2/c1-14-12-13-21-19(16-10-6-7-11-17(16)20-2)18(14)15-8-4-3-5-9-15/h3-13H,1H3. The molecule has 3 aromatic rings. The molecule has 2 aromatic carbocycles. The number of pyridine rings is 1. The molecular weight excluding hydrogens is 256 g/mol. The van der Waals surface area contributed by atoms with Crippen molar-refractivity contribution in [2.75, 3.05) is 0 Å². The van der Waals surface area contributed by atoms with E-state index < -0.39 is 0 Å². The molecule has 0 spiro atoms. The van der Waals surface area contributed by atoms with Crippen LogP contribution >= 0.6 is 0 Å². The fraction of sp³-hybridized carbons (Fsp3) is 0.0526. The maximum Gasteiger partial charge on any atom is 0.196 e. The number of benzene rings is 2. The lowest BCUT2D eigenvalue weighted by Gasteiger charge is -2.13. The van der Waals surface area contributed by atoms with Crippen molar-refractivity contribution in [2.45, 2.75) is 6.92 Å². The molecular formula is C19H14N2. The number of aryl methyl sites for hydroxylation is 1. The van der Waals surface area contributed by atoms with E-state index in [1.165, 1.54) is 0 Å². The van der Waals surface area contributed by atoms with E-state index >= 15 is 0 Å². The van der Waals surface area contributed by atoms with Crippen molar-refractivity contribution in [3.63, 3.8) is 0 Å². The number of hydrogen-bond acceptors (Lipinski definition) is 1. The van der Waals surface area contributed by atoms with Crippen LogP contribution in [-0.2, 0) is 0 Å². The van der Waals surface area contributed by atoms with Crippen LogP contribution in [0.5, 0.6) is 0 Å². The number of aromatic nitrogens is 1. The molecule has 0 aliphatic heterocycles. The molecule has 1 heterocycles. The minimum absolute atomic E-state index is 0.632. The molecule has 2 heteroatoms. The molecule has 0 fully saturated rings. The van der Waals surface area contributed by atoms with Crippen molar-refractivity contribution in [3.8, 4) is 22.4 Å². The van der Waals surface area contributed by atoms with Crippen molar-refractivity contribution in [1.29, 1.82) is 0 Å². The van der Waals surface area contributed by atoms with Crippen molar-refractivity contribution in [2.24, 2.45) is 0 Å². The average molecular weight is 270 g/mol. The number of nitrogens with zero attached hydrogens (tertiary/aromatic N) is 2. The van der Waals surface area contributed by atoms with E-state index in [2.05, 4.69) is 28.9 Å². The first-order valence-corrected chi connectivity index (χ1v) is 6.79. The topological polar surface area (TPSA) is 17.2 Å². The quantitative estimate of drug-likeness (QED) is 0.579. The second kappa shape index (κ2) is 5.60. The molecule has 0 amide bonds. The van der Waals surface area contributed by atoms with E-state index in [0.717, 1.165) is 27.9 Å². The summed E-state index contributed by atoms with van der Waals surface area (Å²) in [6.45, 7) is 9.44. The molecule has 0 atom stereocenters. The Hall–Kier alpha value is -2.92. The van der Waals surface area contributed by atoms with Crippen LogP contribution < -0.4 is 0 Å². The number of rotatable bonds is 2. The molecule has 0 N–H and O–H groups in total. The van der Waals surface area contributed by atoms with Gasteiger partial charge in [-0.25, -0.2) is 4.85 Å². The van der Waals surface area contributed by atoms with Gasteiger partial charge in [0.05, 0.1) is 12.3 Å². The van der Waals surface area contributed by atoms with Gasteiger partial charge in [-0.1, -0.05) is 54.6 Å². The third-order valence-corrected chi connectivity index (χ3v) is 3.50. The molecule has 2 nitrogen and oxygen atoms in total. The monoisotopic (exact) mass is 270 g/mol. The highest BCUT2D eigenvalue weighted by molar-refractivity contribution is 5.88. The van der Waals surface area contributed by atoms with E-state index in [1.807, 2.05) is 48.5 Å². The average Bonchev–Trinajstić information content (AvgIpc) is 2.55. The van der Waals surface area contributed by atoms with Crippen LogP contribution in [0.25, 0.3) is 27.2 Å². The zero-order chi connectivity index (χ0) is 14.7. The van der Waals surface area contributed by atoms with Gasteiger partial charge in [0.15, 0.2) is 5.69 Å². The maximum absolute atomic E-state index is 7.36. The molecule has 21 heavy (non-hydrogen) atoms. The Labute approximate surface area is 124 Å². The minimum atomic E-state index is 0.632. The molecule has 0 saturated heterocycles. The summed E-state index contributed by atoms with van der Waals surface area (Å²) in [5.41, 5.74) is 5.76. The Balaban J connectivity index is 2.30. The summed E-state index contributed by atoms with van der Waals surface area (Å²) in [6, 6.07) is 19.8. The van der Waals surface area contributed by atoms with Gasteiger partial charge >= 0.3 is 0 Å². The zero-order valence-corrected chi connectivity index (χ0v) is 11.7. The number of para-hydroxylation sites is 1.